The number of benzene rings is 3. The summed E-state index contributed by atoms with van der Waals surface area (Å²) < 4.78 is 11.4. The Balaban J connectivity index is 1.40. The van der Waals surface area contributed by atoms with Crippen molar-refractivity contribution in [2.75, 3.05) is 19.8 Å². The largest absolute Gasteiger partial charge is 0.462 e. The van der Waals surface area contributed by atoms with Gasteiger partial charge in [0, 0.05) is 18.4 Å². The lowest BCUT2D eigenvalue weighted by atomic mass is 9.98. The van der Waals surface area contributed by atoms with Gasteiger partial charge < -0.3 is 30.5 Å². The Morgan fingerprint density at radius 1 is 0.837 bits per heavy atom. The first-order valence-corrected chi connectivity index (χ1v) is 16.5. The van der Waals surface area contributed by atoms with Crippen LogP contribution in [0.1, 0.15) is 61.3 Å². The van der Waals surface area contributed by atoms with E-state index in [0.29, 0.717) is 12.0 Å². The van der Waals surface area contributed by atoms with Crippen LogP contribution in [0, 0.1) is 5.92 Å². The molecule has 1 aliphatic carbocycles. The van der Waals surface area contributed by atoms with Gasteiger partial charge in [-0.05, 0) is 54.0 Å². The highest BCUT2D eigenvalue weighted by atomic mass is 16.6. The fraction of sp³-hybridized carbons (Fsp3) is 0.333. The van der Waals surface area contributed by atoms with Gasteiger partial charge in [-0.2, -0.15) is 0 Å². The lowest BCUT2D eigenvalue weighted by Gasteiger charge is -2.24. The second kappa shape index (κ2) is 18.4. The molecule has 3 aromatic rings. The average Bonchev–Trinajstić information content (AvgIpc) is 3.44. The van der Waals surface area contributed by atoms with Gasteiger partial charge in [0.2, 0.25) is 11.8 Å². The highest BCUT2D eigenvalue weighted by Gasteiger charge is 2.31. The van der Waals surface area contributed by atoms with Crippen molar-refractivity contribution in [3.63, 3.8) is 0 Å². The van der Waals surface area contributed by atoms with Gasteiger partial charge in [0.05, 0.1) is 18.6 Å². The molecule has 0 radical (unpaired) electrons. The van der Waals surface area contributed by atoms with Crippen LogP contribution in [-0.4, -0.2) is 60.9 Å². The summed E-state index contributed by atoms with van der Waals surface area (Å²) in [5.74, 6) is -2.36. The molecule has 10 heteroatoms. The van der Waals surface area contributed by atoms with Crippen LogP contribution in [0.3, 0.4) is 0 Å². The number of esters is 1. The van der Waals surface area contributed by atoms with Crippen molar-refractivity contribution in [1.82, 2.24) is 16.0 Å². The van der Waals surface area contributed by atoms with Gasteiger partial charge in [0.1, 0.15) is 19.3 Å². The van der Waals surface area contributed by atoms with Crippen LogP contribution in [0.2, 0.25) is 0 Å². The minimum atomic E-state index is -1.02. The number of aliphatic hydroxyl groups excluding tert-OH is 1. The molecule has 0 aliphatic heterocycles. The van der Waals surface area contributed by atoms with Crippen LogP contribution >= 0.6 is 0 Å². The Labute approximate surface area is 287 Å². The molecule has 0 spiro atoms. The SMILES string of the molecule is C=CCC[C@H](NC(=O)OCC1c2ccccc2-c2ccccc21)C(=O)OC[C@@H](NC(=O)[C@@H](CC=C)CC(=O)N[C@@H](C)CO)c1ccccc1. The highest BCUT2D eigenvalue weighted by Crippen LogP contribution is 2.44. The molecule has 0 bridgehead atoms. The lowest BCUT2D eigenvalue weighted by molar-refractivity contribution is -0.147. The zero-order valence-electron chi connectivity index (χ0n) is 27.8. The van der Waals surface area contributed by atoms with E-state index in [1.807, 2.05) is 42.5 Å². The van der Waals surface area contributed by atoms with E-state index >= 15 is 0 Å². The summed E-state index contributed by atoms with van der Waals surface area (Å²) in [6.07, 6.45) is 3.24. The maximum Gasteiger partial charge on any atom is 0.407 e. The molecule has 3 aromatic carbocycles. The van der Waals surface area contributed by atoms with Gasteiger partial charge in [0.15, 0.2) is 0 Å². The van der Waals surface area contributed by atoms with Gasteiger partial charge >= 0.3 is 12.1 Å². The number of hydrogen-bond donors (Lipinski definition) is 4. The number of hydrogen-bond acceptors (Lipinski definition) is 7. The van der Waals surface area contributed by atoms with Gasteiger partial charge in [0.25, 0.3) is 0 Å². The number of fused-ring (bicyclic) bond motifs is 3. The molecular weight excluding hydrogens is 622 g/mol. The molecule has 258 valence electrons. The number of allylic oxidation sites excluding steroid dienone is 2. The van der Waals surface area contributed by atoms with E-state index in [1.165, 1.54) is 0 Å². The van der Waals surface area contributed by atoms with E-state index in [-0.39, 0.29) is 50.9 Å². The molecule has 0 heterocycles. The molecule has 3 amide bonds. The number of carbonyl (C=O) groups is 4. The molecule has 0 saturated heterocycles. The van der Waals surface area contributed by atoms with Crippen molar-refractivity contribution in [3.05, 3.63) is 121 Å². The van der Waals surface area contributed by atoms with Gasteiger partial charge in [-0.25, -0.2) is 9.59 Å². The fourth-order valence-corrected chi connectivity index (χ4v) is 5.87. The Kier molecular flexibility index (Phi) is 13.7. The van der Waals surface area contributed by atoms with Crippen LogP contribution < -0.4 is 16.0 Å². The summed E-state index contributed by atoms with van der Waals surface area (Å²) in [7, 11) is 0. The number of carbonyl (C=O) groups excluding carboxylic acids is 4. The Morgan fingerprint density at radius 3 is 2.08 bits per heavy atom. The van der Waals surface area contributed by atoms with Crippen molar-refractivity contribution in [1.29, 1.82) is 0 Å². The molecule has 0 aromatic heterocycles. The van der Waals surface area contributed by atoms with Crippen LogP contribution in [0.25, 0.3) is 11.1 Å². The standard InChI is InChI=1S/C39H45N3O7/c1-4-6-21-34(42-39(47)49-24-33-31-19-12-10-17-29(31)30-18-11-13-20-32(30)33)38(46)48-25-35(27-15-8-7-9-16-27)41-37(45)28(14-5-2)22-36(44)40-26(3)23-43/h4-5,7-13,15-20,26,28,33-35,43H,1-2,6,14,21-25H2,3H3,(H,40,44)(H,41,45)(H,42,47)/t26-,28-,34-,35+/m0/s1. The number of alkyl carbamates (subject to hydrolysis) is 1. The van der Waals surface area contributed by atoms with E-state index in [1.54, 1.807) is 43.3 Å². The topological polar surface area (TPSA) is 143 Å². The predicted octanol–water partition coefficient (Wildman–Crippen LogP) is 5.34. The molecule has 1 aliphatic rings. The number of nitrogens with one attached hydrogen (secondary N) is 3. The van der Waals surface area contributed by atoms with Crippen molar-refractivity contribution < 1.29 is 33.8 Å². The third kappa shape index (κ3) is 10.1. The minimum Gasteiger partial charge on any atom is -0.462 e. The summed E-state index contributed by atoms with van der Waals surface area (Å²) in [6.45, 7) is 8.74. The van der Waals surface area contributed by atoms with Crippen molar-refractivity contribution in [2.24, 2.45) is 5.92 Å². The van der Waals surface area contributed by atoms with E-state index < -0.39 is 42.0 Å². The predicted molar refractivity (Wildman–Crippen MR) is 187 cm³/mol. The number of ether oxygens (including phenoxy) is 2. The zero-order chi connectivity index (χ0) is 35.2. The molecule has 49 heavy (non-hydrogen) atoms. The summed E-state index contributed by atoms with van der Waals surface area (Å²) in [5, 5.41) is 17.5. The smallest absolute Gasteiger partial charge is 0.407 e. The quantitative estimate of drug-likeness (QED) is 0.106. The average molecular weight is 668 g/mol. The van der Waals surface area contributed by atoms with Crippen LogP contribution in [0.4, 0.5) is 4.79 Å². The maximum atomic E-state index is 13.4. The van der Waals surface area contributed by atoms with E-state index in [9.17, 15) is 24.3 Å². The molecule has 4 N–H and O–H groups in total. The van der Waals surface area contributed by atoms with E-state index in [4.69, 9.17) is 9.47 Å². The van der Waals surface area contributed by atoms with Crippen molar-refractivity contribution in [2.45, 2.75) is 56.7 Å². The third-order valence-corrected chi connectivity index (χ3v) is 8.43. The monoisotopic (exact) mass is 667 g/mol. The summed E-state index contributed by atoms with van der Waals surface area (Å²) in [5.41, 5.74) is 5.05. The number of aliphatic hydroxyl groups is 1. The Morgan fingerprint density at radius 2 is 1.47 bits per heavy atom. The van der Waals surface area contributed by atoms with Gasteiger partial charge in [-0.1, -0.05) is 91.0 Å². The summed E-state index contributed by atoms with van der Waals surface area (Å²) in [6, 6.07) is 22.8. The second-order valence-corrected chi connectivity index (χ2v) is 12.1. The van der Waals surface area contributed by atoms with Crippen LogP contribution in [-0.2, 0) is 23.9 Å². The molecule has 10 nitrogen and oxygen atoms in total. The highest BCUT2D eigenvalue weighted by molar-refractivity contribution is 5.86. The number of rotatable bonds is 18. The minimum absolute atomic E-state index is 0.0913. The molecule has 0 unspecified atom stereocenters. The number of amides is 3. The third-order valence-electron chi connectivity index (χ3n) is 8.43. The first-order valence-electron chi connectivity index (χ1n) is 16.5. The normalized spacial score (nSPS) is 14.2. The summed E-state index contributed by atoms with van der Waals surface area (Å²) >= 11 is 0. The molecule has 4 rings (SSSR count). The Bertz CT molecular complexity index is 1560. The first kappa shape index (κ1) is 36.6. The van der Waals surface area contributed by atoms with Crippen LogP contribution in [0.15, 0.2) is 104 Å². The van der Waals surface area contributed by atoms with Gasteiger partial charge in [-0.15, -0.1) is 13.2 Å². The molecule has 0 fully saturated rings. The van der Waals surface area contributed by atoms with Crippen molar-refractivity contribution in [3.8, 4) is 11.1 Å². The zero-order valence-corrected chi connectivity index (χ0v) is 27.8. The molecule has 0 saturated carbocycles. The van der Waals surface area contributed by atoms with E-state index in [2.05, 4.69) is 41.2 Å². The Hall–Kier alpha value is -5.22. The van der Waals surface area contributed by atoms with Crippen molar-refractivity contribution >= 4 is 23.9 Å². The maximum absolute atomic E-state index is 13.4. The fourth-order valence-electron chi connectivity index (χ4n) is 5.87. The second-order valence-electron chi connectivity index (χ2n) is 12.1. The first-order chi connectivity index (χ1) is 23.7. The molecular formula is C39H45N3O7. The van der Waals surface area contributed by atoms with Crippen LogP contribution in [0.5, 0.6) is 0 Å². The van der Waals surface area contributed by atoms with E-state index in [0.717, 1.165) is 22.3 Å². The van der Waals surface area contributed by atoms with Gasteiger partial charge in [-0.3, -0.25) is 9.59 Å². The summed E-state index contributed by atoms with van der Waals surface area (Å²) in [4.78, 5) is 52.3. The lowest BCUT2D eigenvalue weighted by Crippen LogP contribution is -2.44. The molecule has 4 atom stereocenters.